The molecule has 2 amide bonds. The Kier molecular flexibility index (Phi) is 6.26. The van der Waals surface area contributed by atoms with Crippen molar-refractivity contribution < 1.29 is 23.2 Å². The Morgan fingerprint density at radius 2 is 1.82 bits per heavy atom. The Morgan fingerprint density at radius 1 is 1.06 bits per heavy atom. The molecule has 0 fully saturated rings. The van der Waals surface area contributed by atoms with Crippen molar-refractivity contribution >= 4 is 23.4 Å². The van der Waals surface area contributed by atoms with Gasteiger partial charge in [-0.15, -0.1) is 0 Å². The molecule has 1 aliphatic heterocycles. The molecule has 8 heteroatoms. The van der Waals surface area contributed by atoms with Crippen LogP contribution in [0.4, 0.5) is 14.6 Å². The highest BCUT2D eigenvalue weighted by Gasteiger charge is 2.38. The average molecular weight is 449 g/mol. The predicted octanol–water partition coefficient (Wildman–Crippen LogP) is 4.68. The van der Waals surface area contributed by atoms with E-state index in [4.69, 9.17) is 0 Å². The standard InChI is InChI=1S/C25H21F2N3O3/c1-15(31)17-7-11-22(28-13-17)29-23(32)12-10-21-24-19(3-2-4-20(24)27)25(33)30(21)14-16-5-8-18(26)9-6-16/h2-9,11,13,21H,10,12,14H2,1H3,(H,28,29,32). The number of ketones is 1. The van der Waals surface area contributed by atoms with E-state index in [0.29, 0.717) is 16.9 Å². The van der Waals surface area contributed by atoms with Crippen molar-refractivity contribution in [3.05, 3.63) is 94.7 Å². The lowest BCUT2D eigenvalue weighted by molar-refractivity contribution is -0.116. The zero-order valence-electron chi connectivity index (χ0n) is 17.8. The number of rotatable bonds is 7. The number of carbonyl (C=O) groups excluding carboxylic acids is 3. The second kappa shape index (κ2) is 9.28. The first-order chi connectivity index (χ1) is 15.8. The van der Waals surface area contributed by atoms with Gasteiger partial charge in [0.25, 0.3) is 5.91 Å². The molecular formula is C25H21F2N3O3. The first kappa shape index (κ1) is 22.3. The highest BCUT2D eigenvalue weighted by Crippen LogP contribution is 2.39. The van der Waals surface area contributed by atoms with Gasteiger partial charge in [-0.25, -0.2) is 13.8 Å². The molecule has 1 aromatic heterocycles. The minimum atomic E-state index is -0.641. The lowest BCUT2D eigenvalue weighted by Crippen LogP contribution is -2.28. The molecule has 1 aliphatic rings. The van der Waals surface area contributed by atoms with Gasteiger partial charge >= 0.3 is 0 Å². The van der Waals surface area contributed by atoms with E-state index in [1.54, 1.807) is 24.3 Å². The van der Waals surface area contributed by atoms with Crippen LogP contribution in [0.25, 0.3) is 0 Å². The molecule has 1 unspecified atom stereocenters. The Morgan fingerprint density at radius 3 is 2.48 bits per heavy atom. The van der Waals surface area contributed by atoms with Gasteiger partial charge in [-0.05, 0) is 55.3 Å². The molecule has 2 heterocycles. The van der Waals surface area contributed by atoms with Crippen LogP contribution in [-0.4, -0.2) is 27.5 Å². The zero-order chi connectivity index (χ0) is 23.5. The van der Waals surface area contributed by atoms with Crippen molar-refractivity contribution in [1.29, 1.82) is 0 Å². The van der Waals surface area contributed by atoms with Crippen LogP contribution in [0.3, 0.4) is 0 Å². The van der Waals surface area contributed by atoms with Crippen LogP contribution < -0.4 is 5.32 Å². The number of pyridine rings is 1. The number of carbonyl (C=O) groups is 3. The summed E-state index contributed by atoms with van der Waals surface area (Å²) in [6.45, 7) is 1.58. The number of nitrogens with one attached hydrogen (secondary N) is 1. The SMILES string of the molecule is CC(=O)c1ccc(NC(=O)CCC2c3c(F)cccc3C(=O)N2Cc2ccc(F)cc2)nc1. The van der Waals surface area contributed by atoms with Gasteiger partial charge in [0, 0.05) is 35.9 Å². The quantitative estimate of drug-likeness (QED) is 0.532. The smallest absolute Gasteiger partial charge is 0.255 e. The maximum absolute atomic E-state index is 14.7. The minimum Gasteiger partial charge on any atom is -0.327 e. The molecule has 0 aliphatic carbocycles. The normalized spacial score (nSPS) is 14.8. The Bertz CT molecular complexity index is 1210. The first-order valence-electron chi connectivity index (χ1n) is 10.4. The number of benzene rings is 2. The van der Waals surface area contributed by atoms with Gasteiger partial charge in [-0.2, -0.15) is 0 Å². The number of amides is 2. The van der Waals surface area contributed by atoms with Crippen molar-refractivity contribution in [2.75, 3.05) is 5.32 Å². The first-order valence-corrected chi connectivity index (χ1v) is 10.4. The topological polar surface area (TPSA) is 79.4 Å². The van der Waals surface area contributed by atoms with E-state index < -0.39 is 11.9 Å². The fourth-order valence-electron chi connectivity index (χ4n) is 3.93. The van der Waals surface area contributed by atoms with Crippen LogP contribution in [0.1, 0.15) is 57.7 Å². The molecule has 0 saturated heterocycles. The second-order valence-corrected chi connectivity index (χ2v) is 7.85. The molecule has 4 rings (SSSR count). The molecule has 2 aromatic carbocycles. The molecular weight excluding hydrogens is 428 g/mol. The monoisotopic (exact) mass is 449 g/mol. The van der Waals surface area contributed by atoms with Gasteiger partial charge in [0.05, 0.1) is 6.04 Å². The van der Waals surface area contributed by atoms with E-state index in [-0.39, 0.29) is 53.9 Å². The molecule has 33 heavy (non-hydrogen) atoms. The minimum absolute atomic E-state index is 0.0157. The Labute approximate surface area is 189 Å². The summed E-state index contributed by atoms with van der Waals surface area (Å²) in [5, 5.41) is 2.65. The molecule has 3 aromatic rings. The number of Topliss-reactive ketones (excluding diaryl/α,β-unsaturated/α-hetero) is 1. The number of hydrogen-bond donors (Lipinski definition) is 1. The third-order valence-electron chi connectivity index (χ3n) is 5.60. The summed E-state index contributed by atoms with van der Waals surface area (Å²) in [6, 6.07) is 12.5. The van der Waals surface area contributed by atoms with E-state index in [9.17, 15) is 23.2 Å². The third kappa shape index (κ3) is 4.79. The van der Waals surface area contributed by atoms with Crippen molar-refractivity contribution in [3.8, 4) is 0 Å². The largest absolute Gasteiger partial charge is 0.327 e. The van der Waals surface area contributed by atoms with Crippen LogP contribution >= 0.6 is 0 Å². The molecule has 1 atom stereocenters. The van der Waals surface area contributed by atoms with Gasteiger partial charge in [0.1, 0.15) is 17.5 Å². The molecule has 0 bridgehead atoms. The number of fused-ring (bicyclic) bond motifs is 1. The summed E-state index contributed by atoms with van der Waals surface area (Å²) in [6.07, 6.45) is 1.59. The van der Waals surface area contributed by atoms with E-state index in [1.807, 2.05) is 0 Å². The molecule has 168 valence electrons. The number of anilines is 1. The van der Waals surface area contributed by atoms with Gasteiger partial charge in [-0.1, -0.05) is 18.2 Å². The van der Waals surface area contributed by atoms with Gasteiger partial charge in [-0.3, -0.25) is 14.4 Å². The molecule has 0 saturated carbocycles. The van der Waals surface area contributed by atoms with Crippen LogP contribution in [-0.2, 0) is 11.3 Å². The molecule has 6 nitrogen and oxygen atoms in total. The van der Waals surface area contributed by atoms with Crippen LogP contribution in [0.2, 0.25) is 0 Å². The van der Waals surface area contributed by atoms with Crippen molar-refractivity contribution in [3.63, 3.8) is 0 Å². The van der Waals surface area contributed by atoms with Crippen molar-refractivity contribution in [2.24, 2.45) is 0 Å². The van der Waals surface area contributed by atoms with Crippen LogP contribution in [0.5, 0.6) is 0 Å². The van der Waals surface area contributed by atoms with E-state index in [0.717, 1.165) is 0 Å². The maximum Gasteiger partial charge on any atom is 0.255 e. The van der Waals surface area contributed by atoms with E-state index in [2.05, 4.69) is 10.3 Å². The van der Waals surface area contributed by atoms with Gasteiger partial charge in [0.15, 0.2) is 5.78 Å². The maximum atomic E-state index is 14.7. The Hall–Kier alpha value is -3.94. The number of halogens is 2. The van der Waals surface area contributed by atoms with Crippen LogP contribution in [0.15, 0.2) is 60.8 Å². The Balaban J connectivity index is 1.50. The van der Waals surface area contributed by atoms with Crippen molar-refractivity contribution in [2.45, 2.75) is 32.4 Å². The van der Waals surface area contributed by atoms with Crippen LogP contribution in [0, 0.1) is 11.6 Å². The summed E-state index contributed by atoms with van der Waals surface area (Å²) in [7, 11) is 0. The molecule has 0 spiro atoms. The third-order valence-corrected chi connectivity index (χ3v) is 5.60. The predicted molar refractivity (Wildman–Crippen MR) is 118 cm³/mol. The molecule has 1 N–H and O–H groups in total. The summed E-state index contributed by atoms with van der Waals surface area (Å²) >= 11 is 0. The lowest BCUT2D eigenvalue weighted by atomic mass is 9.99. The zero-order valence-corrected chi connectivity index (χ0v) is 17.8. The molecule has 0 radical (unpaired) electrons. The summed E-state index contributed by atoms with van der Waals surface area (Å²) < 4.78 is 28.0. The number of aromatic nitrogens is 1. The second-order valence-electron chi connectivity index (χ2n) is 7.85. The van der Waals surface area contributed by atoms with Gasteiger partial charge in [0.2, 0.25) is 5.91 Å². The fraction of sp³-hybridized carbons (Fsp3) is 0.200. The van der Waals surface area contributed by atoms with Gasteiger partial charge < -0.3 is 10.2 Å². The summed E-state index contributed by atoms with van der Waals surface area (Å²) in [4.78, 5) is 42.4. The average Bonchev–Trinajstić information content (AvgIpc) is 3.06. The number of hydrogen-bond acceptors (Lipinski definition) is 4. The number of nitrogens with zero attached hydrogens (tertiary/aromatic N) is 2. The highest BCUT2D eigenvalue weighted by molar-refractivity contribution is 5.99. The van der Waals surface area contributed by atoms with E-state index in [1.165, 1.54) is 48.4 Å². The summed E-state index contributed by atoms with van der Waals surface area (Å²) in [5.74, 6) is -1.42. The fourth-order valence-corrected chi connectivity index (χ4v) is 3.93. The van der Waals surface area contributed by atoms with E-state index >= 15 is 0 Å². The lowest BCUT2D eigenvalue weighted by Gasteiger charge is -2.25. The van der Waals surface area contributed by atoms with Crippen molar-refractivity contribution in [1.82, 2.24) is 9.88 Å². The highest BCUT2D eigenvalue weighted by atomic mass is 19.1. The summed E-state index contributed by atoms with van der Waals surface area (Å²) in [5.41, 5.74) is 1.66.